The molecule has 3 rings (SSSR count). The zero-order chi connectivity index (χ0) is 16.4. The van der Waals surface area contributed by atoms with E-state index in [0.717, 1.165) is 35.7 Å². The van der Waals surface area contributed by atoms with Gasteiger partial charge in [0.15, 0.2) is 0 Å². The van der Waals surface area contributed by atoms with Gasteiger partial charge in [-0.2, -0.15) is 5.10 Å². The molecule has 1 amide bonds. The van der Waals surface area contributed by atoms with Crippen molar-refractivity contribution in [1.82, 2.24) is 15.1 Å². The van der Waals surface area contributed by atoms with Crippen LogP contribution in [0.2, 0.25) is 0 Å². The minimum Gasteiger partial charge on any atom is -0.338 e. The molecule has 1 aliphatic rings. The normalized spacial score (nSPS) is 19.6. The number of carbonyl (C=O) groups excluding carboxylic acids is 1. The second-order valence-electron chi connectivity index (χ2n) is 6.04. The van der Waals surface area contributed by atoms with Crippen LogP contribution in [-0.4, -0.2) is 44.6 Å². The number of aromatic amines is 1. The average molecular weight is 331 g/mol. The van der Waals surface area contributed by atoms with Crippen LogP contribution < -0.4 is 0 Å². The number of amides is 1. The number of carbonyl (C=O) groups is 1. The Morgan fingerprint density at radius 2 is 2.09 bits per heavy atom. The SMILES string of the molecule is Cc1cc(C2CCCN(C(=O)c3ccc(S(C)=O)cc3)C2)n[nH]1. The summed E-state index contributed by atoms with van der Waals surface area (Å²) in [7, 11) is -1.02. The maximum absolute atomic E-state index is 12.7. The largest absolute Gasteiger partial charge is 0.338 e. The van der Waals surface area contributed by atoms with Gasteiger partial charge >= 0.3 is 0 Å². The quantitative estimate of drug-likeness (QED) is 0.939. The zero-order valence-electron chi connectivity index (χ0n) is 13.4. The molecule has 0 saturated carbocycles. The molecule has 0 radical (unpaired) electrons. The lowest BCUT2D eigenvalue weighted by Crippen LogP contribution is -2.39. The van der Waals surface area contributed by atoms with E-state index in [1.165, 1.54) is 0 Å². The topological polar surface area (TPSA) is 66.1 Å². The van der Waals surface area contributed by atoms with Crippen LogP contribution in [0.25, 0.3) is 0 Å². The third-order valence-electron chi connectivity index (χ3n) is 4.29. The molecule has 1 aromatic heterocycles. The fraction of sp³-hybridized carbons (Fsp3) is 0.412. The standard InChI is InChI=1S/C17H21N3O2S/c1-12-10-16(19-18-12)14-4-3-9-20(11-14)17(21)13-5-7-15(8-6-13)23(2)22/h5-8,10,14H,3-4,9,11H2,1-2H3,(H,18,19). The predicted octanol–water partition coefficient (Wildman–Crippen LogP) is 2.48. The lowest BCUT2D eigenvalue weighted by molar-refractivity contribution is 0.0706. The summed E-state index contributed by atoms with van der Waals surface area (Å²) in [6, 6.07) is 9.12. The number of aromatic nitrogens is 2. The summed E-state index contributed by atoms with van der Waals surface area (Å²) < 4.78 is 11.4. The molecule has 122 valence electrons. The van der Waals surface area contributed by atoms with Gasteiger partial charge in [-0.1, -0.05) is 0 Å². The molecule has 23 heavy (non-hydrogen) atoms. The number of rotatable bonds is 3. The number of piperidine rings is 1. The maximum Gasteiger partial charge on any atom is 0.253 e. The highest BCUT2D eigenvalue weighted by Gasteiger charge is 2.26. The van der Waals surface area contributed by atoms with E-state index in [2.05, 4.69) is 16.3 Å². The van der Waals surface area contributed by atoms with Crippen molar-refractivity contribution in [2.24, 2.45) is 0 Å². The molecule has 0 aliphatic carbocycles. The molecule has 2 aromatic rings. The Bertz CT molecular complexity index is 724. The number of likely N-dealkylation sites (tertiary alicyclic amines) is 1. The van der Waals surface area contributed by atoms with Gasteiger partial charge in [0.1, 0.15) is 0 Å². The van der Waals surface area contributed by atoms with Gasteiger partial charge in [-0.3, -0.25) is 14.1 Å². The van der Waals surface area contributed by atoms with Crippen LogP contribution >= 0.6 is 0 Å². The van der Waals surface area contributed by atoms with Gasteiger partial charge < -0.3 is 4.90 Å². The van der Waals surface area contributed by atoms with Gasteiger partial charge in [0.2, 0.25) is 0 Å². The first kappa shape index (κ1) is 15.9. The van der Waals surface area contributed by atoms with E-state index in [9.17, 15) is 9.00 Å². The second kappa shape index (κ2) is 6.66. The van der Waals surface area contributed by atoms with Gasteiger partial charge in [-0.15, -0.1) is 0 Å². The average Bonchev–Trinajstić information content (AvgIpc) is 3.01. The third kappa shape index (κ3) is 3.52. The summed E-state index contributed by atoms with van der Waals surface area (Å²) in [6.07, 6.45) is 3.68. The van der Waals surface area contributed by atoms with Crippen LogP contribution in [0.3, 0.4) is 0 Å². The Morgan fingerprint density at radius 1 is 1.35 bits per heavy atom. The lowest BCUT2D eigenvalue weighted by Gasteiger charge is -2.32. The molecule has 1 N–H and O–H groups in total. The van der Waals surface area contributed by atoms with Crippen LogP contribution in [-0.2, 0) is 10.8 Å². The molecule has 1 aliphatic heterocycles. The second-order valence-corrected chi connectivity index (χ2v) is 7.42. The van der Waals surface area contributed by atoms with E-state index in [1.807, 2.05) is 11.8 Å². The molecular weight excluding hydrogens is 310 g/mol. The van der Waals surface area contributed by atoms with Crippen molar-refractivity contribution >= 4 is 16.7 Å². The highest BCUT2D eigenvalue weighted by molar-refractivity contribution is 7.84. The smallest absolute Gasteiger partial charge is 0.253 e. The fourth-order valence-corrected chi connectivity index (χ4v) is 3.54. The Hall–Kier alpha value is -1.95. The van der Waals surface area contributed by atoms with Crippen LogP contribution in [0.5, 0.6) is 0 Å². The van der Waals surface area contributed by atoms with Crippen molar-refractivity contribution in [1.29, 1.82) is 0 Å². The van der Waals surface area contributed by atoms with Crippen LogP contribution in [0.1, 0.15) is 40.5 Å². The molecule has 2 heterocycles. The van der Waals surface area contributed by atoms with Crippen molar-refractivity contribution in [3.8, 4) is 0 Å². The summed E-state index contributed by atoms with van der Waals surface area (Å²) in [5, 5.41) is 7.32. The molecule has 5 nitrogen and oxygen atoms in total. The monoisotopic (exact) mass is 331 g/mol. The fourth-order valence-electron chi connectivity index (χ4n) is 3.02. The number of aryl methyl sites for hydroxylation is 1. The van der Waals surface area contributed by atoms with E-state index < -0.39 is 10.8 Å². The van der Waals surface area contributed by atoms with E-state index in [-0.39, 0.29) is 5.91 Å². The van der Waals surface area contributed by atoms with Crippen molar-refractivity contribution < 1.29 is 9.00 Å². The summed E-state index contributed by atoms with van der Waals surface area (Å²) in [6.45, 7) is 3.46. The first-order chi connectivity index (χ1) is 11.0. The van der Waals surface area contributed by atoms with Crippen LogP contribution in [0.4, 0.5) is 0 Å². The van der Waals surface area contributed by atoms with Gasteiger partial charge in [-0.05, 0) is 50.1 Å². The molecule has 1 saturated heterocycles. The molecule has 0 spiro atoms. The number of nitrogens with zero attached hydrogens (tertiary/aromatic N) is 2. The molecule has 0 bridgehead atoms. The first-order valence-electron chi connectivity index (χ1n) is 7.79. The minimum absolute atomic E-state index is 0.0374. The molecule has 1 aromatic carbocycles. The Balaban J connectivity index is 1.72. The van der Waals surface area contributed by atoms with E-state index in [4.69, 9.17) is 0 Å². The third-order valence-corrected chi connectivity index (χ3v) is 5.22. The highest BCUT2D eigenvalue weighted by atomic mass is 32.2. The van der Waals surface area contributed by atoms with Gasteiger partial charge in [0.25, 0.3) is 5.91 Å². The Morgan fingerprint density at radius 3 is 2.70 bits per heavy atom. The van der Waals surface area contributed by atoms with Crippen molar-refractivity contribution in [2.45, 2.75) is 30.6 Å². The summed E-state index contributed by atoms with van der Waals surface area (Å²) in [4.78, 5) is 15.3. The van der Waals surface area contributed by atoms with Gasteiger partial charge in [0, 0.05) is 52.2 Å². The zero-order valence-corrected chi connectivity index (χ0v) is 14.2. The Labute approximate surface area is 138 Å². The van der Waals surface area contributed by atoms with Gasteiger partial charge in [-0.25, -0.2) is 0 Å². The number of hydrogen-bond acceptors (Lipinski definition) is 3. The molecule has 2 atom stereocenters. The maximum atomic E-state index is 12.7. The molecule has 6 heteroatoms. The number of H-pyrrole nitrogens is 1. The molecule has 2 unspecified atom stereocenters. The lowest BCUT2D eigenvalue weighted by atomic mass is 9.94. The highest BCUT2D eigenvalue weighted by Crippen LogP contribution is 2.27. The van der Waals surface area contributed by atoms with Gasteiger partial charge in [0.05, 0.1) is 5.69 Å². The molecular formula is C17H21N3O2S. The number of benzene rings is 1. The first-order valence-corrected chi connectivity index (χ1v) is 9.35. The summed E-state index contributed by atoms with van der Waals surface area (Å²) in [5.74, 6) is 0.329. The van der Waals surface area contributed by atoms with Crippen molar-refractivity contribution in [3.63, 3.8) is 0 Å². The number of hydrogen-bond donors (Lipinski definition) is 1. The number of nitrogens with one attached hydrogen (secondary N) is 1. The summed E-state index contributed by atoms with van der Waals surface area (Å²) in [5.41, 5.74) is 2.74. The summed E-state index contributed by atoms with van der Waals surface area (Å²) >= 11 is 0. The van der Waals surface area contributed by atoms with Crippen LogP contribution in [0, 0.1) is 6.92 Å². The Kier molecular flexibility index (Phi) is 4.61. The van der Waals surface area contributed by atoms with Crippen molar-refractivity contribution in [2.75, 3.05) is 19.3 Å². The minimum atomic E-state index is -1.02. The van der Waals surface area contributed by atoms with E-state index in [0.29, 0.717) is 18.0 Å². The van der Waals surface area contributed by atoms with Crippen LogP contribution in [0.15, 0.2) is 35.2 Å². The van der Waals surface area contributed by atoms with E-state index in [1.54, 1.807) is 30.5 Å². The predicted molar refractivity (Wildman–Crippen MR) is 90.0 cm³/mol. The molecule has 1 fully saturated rings. The van der Waals surface area contributed by atoms with E-state index >= 15 is 0 Å². The van der Waals surface area contributed by atoms with Crippen molar-refractivity contribution in [3.05, 3.63) is 47.3 Å².